The lowest BCUT2D eigenvalue weighted by atomic mass is 10.1. The number of hydrogen-bond donors (Lipinski definition) is 2. The molecule has 80 valence electrons. The minimum Gasteiger partial charge on any atom is -0.396 e. The van der Waals surface area contributed by atoms with Gasteiger partial charge in [0.05, 0.1) is 0 Å². The number of benzene rings is 1. The lowest BCUT2D eigenvalue weighted by Crippen LogP contribution is -1.99. The van der Waals surface area contributed by atoms with Crippen LogP contribution in [0.4, 0.5) is 0 Å². The van der Waals surface area contributed by atoms with Gasteiger partial charge in [-0.1, -0.05) is 43.7 Å². The number of aliphatic hydroxyl groups excluding tert-OH is 1. The van der Waals surface area contributed by atoms with E-state index in [0.29, 0.717) is 6.54 Å². The molecule has 0 spiro atoms. The zero-order valence-corrected chi connectivity index (χ0v) is 8.95. The number of aliphatic hydroxyl groups is 1. The molecule has 0 aromatic heterocycles. The molecule has 14 heavy (non-hydrogen) atoms. The second-order valence-electron chi connectivity index (χ2n) is 3.10. The van der Waals surface area contributed by atoms with Gasteiger partial charge in [-0.25, -0.2) is 0 Å². The highest BCUT2D eigenvalue weighted by Gasteiger charge is 1.84. The molecule has 3 N–H and O–H groups in total. The van der Waals surface area contributed by atoms with Gasteiger partial charge in [0.15, 0.2) is 0 Å². The van der Waals surface area contributed by atoms with E-state index in [0.717, 1.165) is 6.42 Å². The highest BCUT2D eigenvalue weighted by molar-refractivity contribution is 5.14. The third kappa shape index (κ3) is 7.77. The van der Waals surface area contributed by atoms with Gasteiger partial charge in [-0.3, -0.25) is 0 Å². The van der Waals surface area contributed by atoms with Crippen molar-refractivity contribution in [3.8, 4) is 0 Å². The number of hydrogen-bond acceptors (Lipinski definition) is 2. The molecule has 0 amide bonds. The van der Waals surface area contributed by atoms with Crippen LogP contribution in [0.25, 0.3) is 0 Å². The highest BCUT2D eigenvalue weighted by Crippen LogP contribution is 2.00. The van der Waals surface area contributed by atoms with Crippen molar-refractivity contribution < 1.29 is 5.11 Å². The molecule has 0 bridgehead atoms. The van der Waals surface area contributed by atoms with Gasteiger partial charge in [-0.15, -0.1) is 0 Å². The molecule has 0 aliphatic heterocycles. The van der Waals surface area contributed by atoms with E-state index in [4.69, 9.17) is 10.8 Å². The number of nitrogens with two attached hydrogens (primary N) is 1. The molecule has 2 heteroatoms. The van der Waals surface area contributed by atoms with Gasteiger partial charge in [0.25, 0.3) is 0 Å². The van der Waals surface area contributed by atoms with Crippen LogP contribution in [0, 0.1) is 0 Å². The first-order chi connectivity index (χ1) is 6.85. The first kappa shape index (κ1) is 13.1. The van der Waals surface area contributed by atoms with E-state index in [1.54, 1.807) is 0 Å². The zero-order chi connectivity index (χ0) is 10.6. The zero-order valence-electron chi connectivity index (χ0n) is 8.95. The van der Waals surface area contributed by atoms with Crippen molar-refractivity contribution in [2.24, 2.45) is 5.73 Å². The van der Waals surface area contributed by atoms with E-state index in [-0.39, 0.29) is 6.61 Å². The molecule has 1 rings (SSSR count). The first-order valence-electron chi connectivity index (χ1n) is 5.20. The lowest BCUT2D eigenvalue weighted by molar-refractivity contribution is 0.291. The fraction of sp³-hybridized carbons (Fsp3) is 0.500. The predicted molar refractivity (Wildman–Crippen MR) is 61.2 cm³/mol. The van der Waals surface area contributed by atoms with Crippen molar-refractivity contribution in [1.82, 2.24) is 0 Å². The largest absolute Gasteiger partial charge is 0.396 e. The molecule has 0 radical (unpaired) electrons. The van der Waals surface area contributed by atoms with Crippen molar-refractivity contribution in [2.75, 3.05) is 13.2 Å². The SMILES string of the molecule is CCCc1ccccc1.NCCCO. The van der Waals surface area contributed by atoms with E-state index in [2.05, 4.69) is 37.3 Å². The summed E-state index contributed by atoms with van der Waals surface area (Å²) < 4.78 is 0. The summed E-state index contributed by atoms with van der Waals surface area (Å²) in [5.41, 5.74) is 6.42. The Morgan fingerprint density at radius 1 is 1.21 bits per heavy atom. The van der Waals surface area contributed by atoms with Crippen LogP contribution in [-0.4, -0.2) is 18.3 Å². The van der Waals surface area contributed by atoms with E-state index >= 15 is 0 Å². The summed E-state index contributed by atoms with van der Waals surface area (Å²) in [5.74, 6) is 0. The molecular weight excluding hydrogens is 174 g/mol. The molecule has 0 fully saturated rings. The van der Waals surface area contributed by atoms with Crippen LogP contribution in [-0.2, 0) is 6.42 Å². The maximum atomic E-state index is 7.99. The molecular formula is C12H21NO. The topological polar surface area (TPSA) is 46.2 Å². The van der Waals surface area contributed by atoms with Gasteiger partial charge in [-0.05, 0) is 24.9 Å². The second-order valence-corrected chi connectivity index (χ2v) is 3.10. The smallest absolute Gasteiger partial charge is 0.0443 e. The van der Waals surface area contributed by atoms with Crippen molar-refractivity contribution in [3.63, 3.8) is 0 Å². The Kier molecular flexibility index (Phi) is 9.59. The van der Waals surface area contributed by atoms with Crippen molar-refractivity contribution in [1.29, 1.82) is 0 Å². The first-order valence-corrected chi connectivity index (χ1v) is 5.20. The molecule has 0 unspecified atom stereocenters. The average molecular weight is 195 g/mol. The second kappa shape index (κ2) is 10.2. The standard InChI is InChI=1S/C9H12.C3H9NO/c1-2-6-9-7-4-3-5-8-9;4-2-1-3-5/h3-5,7-8H,2,6H2,1H3;5H,1-4H2. The van der Waals surface area contributed by atoms with Crippen LogP contribution < -0.4 is 5.73 Å². The van der Waals surface area contributed by atoms with Gasteiger partial charge in [-0.2, -0.15) is 0 Å². The van der Waals surface area contributed by atoms with Crippen molar-refractivity contribution in [2.45, 2.75) is 26.2 Å². The quantitative estimate of drug-likeness (QED) is 0.771. The molecule has 0 aliphatic carbocycles. The third-order valence-corrected chi connectivity index (χ3v) is 1.74. The number of rotatable bonds is 4. The normalized spacial score (nSPS) is 9.07. The predicted octanol–water partition coefficient (Wildman–Crippen LogP) is 1.97. The van der Waals surface area contributed by atoms with Crippen LogP contribution in [0.3, 0.4) is 0 Å². The molecule has 0 atom stereocenters. The van der Waals surface area contributed by atoms with Crippen LogP contribution in [0.5, 0.6) is 0 Å². The van der Waals surface area contributed by atoms with Crippen LogP contribution >= 0.6 is 0 Å². The van der Waals surface area contributed by atoms with Crippen molar-refractivity contribution >= 4 is 0 Å². The Hall–Kier alpha value is -0.860. The van der Waals surface area contributed by atoms with Gasteiger partial charge < -0.3 is 10.8 Å². The summed E-state index contributed by atoms with van der Waals surface area (Å²) in [6, 6.07) is 10.6. The fourth-order valence-corrected chi connectivity index (χ4v) is 1.02. The molecule has 0 heterocycles. The van der Waals surface area contributed by atoms with Gasteiger partial charge in [0.1, 0.15) is 0 Å². The highest BCUT2D eigenvalue weighted by atomic mass is 16.2. The molecule has 2 nitrogen and oxygen atoms in total. The fourth-order valence-electron chi connectivity index (χ4n) is 1.02. The summed E-state index contributed by atoms with van der Waals surface area (Å²) in [4.78, 5) is 0. The molecule has 0 aliphatic rings. The van der Waals surface area contributed by atoms with Crippen LogP contribution in [0.15, 0.2) is 30.3 Å². The maximum absolute atomic E-state index is 7.99. The maximum Gasteiger partial charge on any atom is 0.0443 e. The Bertz CT molecular complexity index is 197. The third-order valence-electron chi connectivity index (χ3n) is 1.74. The minimum absolute atomic E-state index is 0.219. The van der Waals surface area contributed by atoms with Gasteiger partial charge in [0.2, 0.25) is 0 Å². The summed E-state index contributed by atoms with van der Waals surface area (Å²) in [7, 11) is 0. The number of aryl methyl sites for hydroxylation is 1. The van der Waals surface area contributed by atoms with Crippen LogP contribution in [0.1, 0.15) is 25.3 Å². The van der Waals surface area contributed by atoms with Gasteiger partial charge >= 0.3 is 0 Å². The Morgan fingerprint density at radius 3 is 2.21 bits per heavy atom. The summed E-state index contributed by atoms with van der Waals surface area (Å²) in [5, 5.41) is 7.99. The summed E-state index contributed by atoms with van der Waals surface area (Å²) in [6.07, 6.45) is 3.17. The summed E-state index contributed by atoms with van der Waals surface area (Å²) >= 11 is 0. The lowest BCUT2D eigenvalue weighted by Gasteiger charge is -1.93. The van der Waals surface area contributed by atoms with E-state index < -0.39 is 0 Å². The molecule has 0 saturated heterocycles. The Labute approximate surface area is 86.8 Å². The minimum atomic E-state index is 0.219. The van der Waals surface area contributed by atoms with Gasteiger partial charge in [0, 0.05) is 6.61 Å². The van der Waals surface area contributed by atoms with E-state index in [9.17, 15) is 0 Å². The Balaban J connectivity index is 0.000000292. The van der Waals surface area contributed by atoms with Crippen molar-refractivity contribution in [3.05, 3.63) is 35.9 Å². The molecule has 1 aromatic carbocycles. The molecule has 0 saturated carbocycles. The average Bonchev–Trinajstić information content (AvgIpc) is 2.22. The molecule has 1 aromatic rings. The van der Waals surface area contributed by atoms with E-state index in [1.807, 2.05) is 0 Å². The van der Waals surface area contributed by atoms with Crippen LogP contribution in [0.2, 0.25) is 0 Å². The Morgan fingerprint density at radius 2 is 1.86 bits per heavy atom. The summed E-state index contributed by atoms with van der Waals surface area (Å²) in [6.45, 7) is 3.01. The van der Waals surface area contributed by atoms with E-state index in [1.165, 1.54) is 18.4 Å². The monoisotopic (exact) mass is 195 g/mol.